The van der Waals surface area contributed by atoms with E-state index in [0.717, 1.165) is 13.1 Å². The third-order valence-electron chi connectivity index (χ3n) is 3.51. The van der Waals surface area contributed by atoms with Crippen molar-refractivity contribution in [1.82, 2.24) is 19.9 Å². The quantitative estimate of drug-likeness (QED) is 0.753. The topological polar surface area (TPSA) is 106 Å². The lowest BCUT2D eigenvalue weighted by atomic mass is 10.2. The van der Waals surface area contributed by atoms with E-state index in [-0.39, 0.29) is 18.3 Å². The molecule has 3 N–H and O–H groups in total. The number of carboxylic acid groups (broad SMARTS) is 1. The number of rotatable bonds is 5. The van der Waals surface area contributed by atoms with Crippen molar-refractivity contribution in [2.45, 2.75) is 39.1 Å². The van der Waals surface area contributed by atoms with Crippen LogP contribution in [0.25, 0.3) is 0 Å². The Kier molecular flexibility index (Phi) is 4.69. The summed E-state index contributed by atoms with van der Waals surface area (Å²) in [5, 5.41) is 16.6. The molecule has 0 aromatic carbocycles. The Bertz CT molecular complexity index is 474. The Labute approximate surface area is 117 Å². The number of aromatic carboxylic acids is 1. The summed E-state index contributed by atoms with van der Waals surface area (Å²) >= 11 is 0. The van der Waals surface area contributed by atoms with Crippen LogP contribution in [0.2, 0.25) is 0 Å². The number of carboxylic acids is 1. The van der Waals surface area contributed by atoms with Gasteiger partial charge in [-0.15, -0.1) is 5.10 Å². The van der Waals surface area contributed by atoms with Gasteiger partial charge in [0.2, 0.25) is 0 Å². The minimum atomic E-state index is -1.11. The Morgan fingerprint density at radius 2 is 2.35 bits per heavy atom. The summed E-state index contributed by atoms with van der Waals surface area (Å²) < 4.78 is 7.25. The second-order valence-electron chi connectivity index (χ2n) is 5.16. The van der Waals surface area contributed by atoms with Gasteiger partial charge in [-0.25, -0.2) is 9.48 Å². The fraction of sp³-hybridized carbons (Fsp3) is 0.750. The van der Waals surface area contributed by atoms with Crippen LogP contribution in [0.3, 0.4) is 0 Å². The fourth-order valence-electron chi connectivity index (χ4n) is 2.36. The van der Waals surface area contributed by atoms with Crippen LogP contribution in [0.5, 0.6) is 0 Å². The van der Waals surface area contributed by atoms with Crippen LogP contribution in [0, 0.1) is 0 Å². The molecule has 1 aromatic heterocycles. The first kappa shape index (κ1) is 14.9. The summed E-state index contributed by atoms with van der Waals surface area (Å²) in [6.45, 7) is 7.23. The Balaban J connectivity index is 2.08. The first-order valence-corrected chi connectivity index (χ1v) is 6.74. The van der Waals surface area contributed by atoms with Gasteiger partial charge in [0.05, 0.1) is 24.9 Å². The Morgan fingerprint density at radius 1 is 1.60 bits per heavy atom. The zero-order valence-corrected chi connectivity index (χ0v) is 11.8. The minimum Gasteiger partial charge on any atom is -0.476 e. The minimum absolute atomic E-state index is 0.0280. The smallest absolute Gasteiger partial charge is 0.358 e. The molecule has 1 aliphatic heterocycles. The van der Waals surface area contributed by atoms with Crippen molar-refractivity contribution in [3.05, 3.63) is 11.4 Å². The monoisotopic (exact) mass is 283 g/mol. The lowest BCUT2D eigenvalue weighted by Gasteiger charge is -2.35. The molecule has 2 heterocycles. The molecule has 0 saturated carbocycles. The second-order valence-corrected chi connectivity index (χ2v) is 5.16. The van der Waals surface area contributed by atoms with Crippen molar-refractivity contribution >= 4 is 5.97 Å². The molecule has 0 amide bonds. The summed E-state index contributed by atoms with van der Waals surface area (Å²) in [4.78, 5) is 13.3. The Hall–Kier alpha value is -1.51. The number of aromatic nitrogens is 3. The predicted octanol–water partition coefficient (Wildman–Crippen LogP) is -0.456. The first-order chi connectivity index (χ1) is 9.52. The van der Waals surface area contributed by atoms with Crippen molar-refractivity contribution in [2.75, 3.05) is 19.7 Å². The zero-order chi connectivity index (χ0) is 14.7. The van der Waals surface area contributed by atoms with Gasteiger partial charge >= 0.3 is 5.97 Å². The lowest BCUT2D eigenvalue weighted by Crippen LogP contribution is -2.47. The van der Waals surface area contributed by atoms with Crippen LogP contribution in [-0.4, -0.2) is 62.8 Å². The molecule has 1 aliphatic rings. The largest absolute Gasteiger partial charge is 0.476 e. The number of hydrogen-bond acceptors (Lipinski definition) is 6. The van der Waals surface area contributed by atoms with Crippen LogP contribution in [0.15, 0.2) is 0 Å². The maximum Gasteiger partial charge on any atom is 0.358 e. The SMILES string of the molecule is CC(C)N1CCOC(Cn2nnc(C(=O)O)c2CN)C1. The maximum absolute atomic E-state index is 11.0. The molecule has 0 radical (unpaired) electrons. The van der Waals surface area contributed by atoms with Crippen molar-refractivity contribution in [3.8, 4) is 0 Å². The van der Waals surface area contributed by atoms with E-state index >= 15 is 0 Å². The van der Waals surface area contributed by atoms with E-state index in [1.165, 1.54) is 4.68 Å². The second kappa shape index (κ2) is 6.29. The number of nitrogens with zero attached hydrogens (tertiary/aromatic N) is 4. The number of carbonyl (C=O) groups is 1. The van der Waals surface area contributed by atoms with E-state index in [0.29, 0.717) is 24.9 Å². The molecule has 2 rings (SSSR count). The van der Waals surface area contributed by atoms with Gasteiger partial charge in [-0.1, -0.05) is 5.21 Å². The van der Waals surface area contributed by atoms with E-state index in [2.05, 4.69) is 29.1 Å². The van der Waals surface area contributed by atoms with Crippen LogP contribution in [0.4, 0.5) is 0 Å². The van der Waals surface area contributed by atoms with Gasteiger partial charge in [-0.3, -0.25) is 4.90 Å². The highest BCUT2D eigenvalue weighted by atomic mass is 16.5. The third kappa shape index (κ3) is 3.14. The van der Waals surface area contributed by atoms with E-state index in [1.807, 2.05) is 0 Å². The van der Waals surface area contributed by atoms with Crippen LogP contribution >= 0.6 is 0 Å². The van der Waals surface area contributed by atoms with Crippen molar-refractivity contribution in [1.29, 1.82) is 0 Å². The van der Waals surface area contributed by atoms with Crippen LogP contribution in [-0.2, 0) is 17.8 Å². The van der Waals surface area contributed by atoms with Gasteiger partial charge in [0.25, 0.3) is 0 Å². The summed E-state index contributed by atoms with van der Waals surface area (Å²) in [6, 6.07) is 0.459. The highest BCUT2D eigenvalue weighted by molar-refractivity contribution is 5.86. The van der Waals surface area contributed by atoms with Gasteiger partial charge < -0.3 is 15.6 Å². The van der Waals surface area contributed by atoms with Crippen LogP contribution in [0.1, 0.15) is 30.0 Å². The van der Waals surface area contributed by atoms with Gasteiger partial charge in [0.1, 0.15) is 0 Å². The summed E-state index contributed by atoms with van der Waals surface area (Å²) in [5.74, 6) is -1.11. The summed E-state index contributed by atoms with van der Waals surface area (Å²) in [6.07, 6.45) is -0.0280. The number of ether oxygens (including phenoxy) is 1. The first-order valence-electron chi connectivity index (χ1n) is 6.74. The zero-order valence-electron chi connectivity index (χ0n) is 11.8. The van der Waals surface area contributed by atoms with Crippen molar-refractivity contribution in [3.63, 3.8) is 0 Å². The molecule has 8 nitrogen and oxygen atoms in total. The average molecular weight is 283 g/mol. The average Bonchev–Trinajstić information content (AvgIpc) is 2.82. The van der Waals surface area contributed by atoms with Gasteiger partial charge in [-0.2, -0.15) is 0 Å². The number of hydrogen-bond donors (Lipinski definition) is 2. The normalized spacial score (nSPS) is 20.5. The summed E-state index contributed by atoms with van der Waals surface area (Å²) in [7, 11) is 0. The molecule has 8 heteroatoms. The molecule has 1 saturated heterocycles. The molecular formula is C12H21N5O3. The van der Waals surface area contributed by atoms with Crippen molar-refractivity contribution in [2.24, 2.45) is 5.73 Å². The van der Waals surface area contributed by atoms with E-state index in [9.17, 15) is 4.79 Å². The summed E-state index contributed by atoms with van der Waals surface area (Å²) in [5.41, 5.74) is 5.95. The molecule has 1 unspecified atom stereocenters. The molecular weight excluding hydrogens is 262 g/mol. The van der Waals surface area contributed by atoms with E-state index in [1.54, 1.807) is 0 Å². The van der Waals surface area contributed by atoms with Crippen LogP contribution < -0.4 is 5.73 Å². The van der Waals surface area contributed by atoms with Gasteiger partial charge in [-0.05, 0) is 13.8 Å². The molecule has 20 heavy (non-hydrogen) atoms. The number of morpholine rings is 1. The molecule has 0 spiro atoms. The Morgan fingerprint density at radius 3 is 2.95 bits per heavy atom. The lowest BCUT2D eigenvalue weighted by molar-refractivity contribution is -0.0474. The molecule has 1 fully saturated rings. The third-order valence-corrected chi connectivity index (χ3v) is 3.51. The fourth-order valence-corrected chi connectivity index (χ4v) is 2.36. The molecule has 0 aliphatic carbocycles. The van der Waals surface area contributed by atoms with Gasteiger partial charge in [0, 0.05) is 25.7 Å². The standard InChI is InChI=1S/C12H21N5O3/c1-8(2)16-3-4-20-9(6-16)7-17-10(5-13)11(12(18)19)14-15-17/h8-9H,3-7,13H2,1-2H3,(H,18,19). The van der Waals surface area contributed by atoms with E-state index in [4.69, 9.17) is 15.6 Å². The van der Waals surface area contributed by atoms with Crippen molar-refractivity contribution < 1.29 is 14.6 Å². The highest BCUT2D eigenvalue weighted by Crippen LogP contribution is 2.12. The molecule has 1 aromatic rings. The number of nitrogens with two attached hydrogens (primary N) is 1. The molecule has 0 bridgehead atoms. The highest BCUT2D eigenvalue weighted by Gasteiger charge is 2.25. The maximum atomic E-state index is 11.0. The predicted molar refractivity (Wildman–Crippen MR) is 71.3 cm³/mol. The molecule has 1 atom stereocenters. The molecule has 112 valence electrons. The van der Waals surface area contributed by atoms with E-state index < -0.39 is 5.97 Å². The van der Waals surface area contributed by atoms with Gasteiger partial charge in [0.15, 0.2) is 5.69 Å².